The summed E-state index contributed by atoms with van der Waals surface area (Å²) in [6, 6.07) is 11.4. The lowest BCUT2D eigenvalue weighted by atomic mass is 10.1. The van der Waals surface area contributed by atoms with Crippen molar-refractivity contribution in [3.63, 3.8) is 0 Å². The molecule has 128 valence electrons. The molecule has 0 saturated carbocycles. The minimum absolute atomic E-state index is 0.474. The smallest absolute Gasteiger partial charge is 0.329 e. The van der Waals surface area contributed by atoms with Gasteiger partial charge in [-0.3, -0.25) is 0 Å². The number of rotatable bonds is 3. The van der Waals surface area contributed by atoms with Gasteiger partial charge in [0.15, 0.2) is 0 Å². The van der Waals surface area contributed by atoms with Gasteiger partial charge < -0.3 is 10.0 Å². The molecule has 0 atom stereocenters. The molecule has 7 heteroatoms. The summed E-state index contributed by atoms with van der Waals surface area (Å²) in [4.78, 5) is 15.0. The van der Waals surface area contributed by atoms with Gasteiger partial charge in [0, 0.05) is 17.5 Å². The van der Waals surface area contributed by atoms with E-state index >= 15 is 0 Å². The Morgan fingerprint density at radius 3 is 2.68 bits per heavy atom. The summed E-state index contributed by atoms with van der Waals surface area (Å²) in [5.41, 5.74) is 3.00. The highest BCUT2D eigenvalue weighted by Crippen LogP contribution is 2.43. The van der Waals surface area contributed by atoms with Gasteiger partial charge in [-0.15, -0.1) is 0 Å². The summed E-state index contributed by atoms with van der Waals surface area (Å²) in [5, 5.41) is 10.1. The van der Waals surface area contributed by atoms with Gasteiger partial charge >= 0.3 is 5.97 Å². The lowest BCUT2D eigenvalue weighted by Crippen LogP contribution is -2.32. The maximum atomic E-state index is 11.1. The summed E-state index contributed by atoms with van der Waals surface area (Å²) < 4.78 is 0. The van der Waals surface area contributed by atoms with Crippen molar-refractivity contribution >= 4 is 63.8 Å². The van der Waals surface area contributed by atoms with E-state index in [0.717, 1.165) is 27.8 Å². The highest BCUT2D eigenvalue weighted by atomic mass is 35.5. The fraction of sp³-hybridized carbons (Fsp3) is 0.111. The van der Waals surface area contributed by atoms with Crippen molar-refractivity contribution in [3.05, 3.63) is 68.6 Å². The van der Waals surface area contributed by atoms with Gasteiger partial charge in [-0.05, 0) is 42.3 Å². The molecule has 0 bridgehead atoms. The van der Waals surface area contributed by atoms with Crippen LogP contribution in [0.5, 0.6) is 0 Å². The standard InChI is InChI=1S/C18H13Cl2NO2S2/c1-10-2-5-15-14(6-10)21(18(24)16(25-15)8-17(22)23)9-11-3-4-12(19)13(20)7-11/h2-8H,9H2,1H3,(H,22,23)/b16-8-. The van der Waals surface area contributed by atoms with E-state index in [9.17, 15) is 4.79 Å². The number of carboxylic acid groups (broad SMARTS) is 1. The molecule has 3 rings (SSSR count). The van der Waals surface area contributed by atoms with E-state index < -0.39 is 5.97 Å². The number of carboxylic acids is 1. The van der Waals surface area contributed by atoms with Gasteiger partial charge in [-0.2, -0.15) is 0 Å². The van der Waals surface area contributed by atoms with Crippen molar-refractivity contribution in [2.24, 2.45) is 0 Å². The first-order chi connectivity index (χ1) is 11.8. The van der Waals surface area contributed by atoms with Crippen molar-refractivity contribution in [2.45, 2.75) is 18.4 Å². The monoisotopic (exact) mass is 409 g/mol. The number of thiocarbonyl (C=S) groups is 1. The Balaban J connectivity index is 2.05. The quantitative estimate of drug-likeness (QED) is 0.519. The normalized spacial score (nSPS) is 15.4. The second-order valence-electron chi connectivity index (χ2n) is 5.56. The first-order valence-corrected chi connectivity index (χ1v) is 9.32. The Hall–Kier alpha value is -1.53. The van der Waals surface area contributed by atoms with E-state index in [4.69, 9.17) is 40.5 Å². The molecule has 0 spiro atoms. The maximum Gasteiger partial charge on any atom is 0.329 e. The molecule has 2 aromatic carbocycles. The molecule has 1 N–H and O–H groups in total. The molecule has 0 saturated heterocycles. The fourth-order valence-electron chi connectivity index (χ4n) is 2.51. The van der Waals surface area contributed by atoms with E-state index in [2.05, 4.69) is 0 Å². The van der Waals surface area contributed by atoms with Crippen LogP contribution < -0.4 is 4.90 Å². The Kier molecular flexibility index (Phi) is 5.39. The number of nitrogens with zero attached hydrogens (tertiary/aromatic N) is 1. The number of halogens is 2. The summed E-state index contributed by atoms with van der Waals surface area (Å²) in [7, 11) is 0. The van der Waals surface area contributed by atoms with E-state index in [0.29, 0.717) is 26.5 Å². The van der Waals surface area contributed by atoms with Crippen molar-refractivity contribution in [2.75, 3.05) is 4.90 Å². The maximum absolute atomic E-state index is 11.1. The van der Waals surface area contributed by atoms with E-state index in [1.807, 2.05) is 36.1 Å². The number of hydrogen-bond acceptors (Lipinski definition) is 3. The zero-order chi connectivity index (χ0) is 18.1. The van der Waals surface area contributed by atoms with Crippen LogP contribution in [0.3, 0.4) is 0 Å². The van der Waals surface area contributed by atoms with Crippen molar-refractivity contribution in [3.8, 4) is 0 Å². The third-order valence-electron chi connectivity index (χ3n) is 3.66. The molecule has 25 heavy (non-hydrogen) atoms. The number of anilines is 1. The molecule has 1 heterocycles. The molecule has 0 amide bonds. The van der Waals surface area contributed by atoms with Crippen LogP contribution in [0.2, 0.25) is 10.0 Å². The first-order valence-electron chi connectivity index (χ1n) is 7.34. The average Bonchev–Trinajstić information content (AvgIpc) is 2.55. The van der Waals surface area contributed by atoms with E-state index in [1.165, 1.54) is 11.8 Å². The Labute approximate surface area is 165 Å². The molecule has 1 aliphatic heterocycles. The van der Waals surface area contributed by atoms with Crippen LogP contribution in [0.25, 0.3) is 0 Å². The molecule has 0 fully saturated rings. The molecular formula is C18H13Cl2NO2S2. The molecule has 3 nitrogen and oxygen atoms in total. The second-order valence-corrected chi connectivity index (χ2v) is 7.84. The lowest BCUT2D eigenvalue weighted by Gasteiger charge is -2.33. The van der Waals surface area contributed by atoms with Crippen LogP contribution >= 0.6 is 47.2 Å². The van der Waals surface area contributed by atoms with Crippen LogP contribution in [0.4, 0.5) is 5.69 Å². The van der Waals surface area contributed by atoms with Crippen molar-refractivity contribution in [1.29, 1.82) is 0 Å². The highest BCUT2D eigenvalue weighted by molar-refractivity contribution is 8.05. The summed E-state index contributed by atoms with van der Waals surface area (Å²) in [5.74, 6) is -1.02. The Morgan fingerprint density at radius 2 is 2.00 bits per heavy atom. The average molecular weight is 410 g/mol. The van der Waals surface area contributed by atoms with Crippen LogP contribution in [-0.2, 0) is 11.3 Å². The predicted molar refractivity (Wildman–Crippen MR) is 108 cm³/mol. The molecule has 0 radical (unpaired) electrons. The van der Waals surface area contributed by atoms with Crippen LogP contribution in [0, 0.1) is 6.92 Å². The van der Waals surface area contributed by atoms with Gasteiger partial charge in [-0.1, -0.05) is 59.3 Å². The van der Waals surface area contributed by atoms with Gasteiger partial charge in [-0.25, -0.2) is 4.79 Å². The number of thioether (sulfide) groups is 1. The lowest BCUT2D eigenvalue weighted by molar-refractivity contribution is -0.131. The van der Waals surface area contributed by atoms with Gasteiger partial charge in [0.05, 0.1) is 20.6 Å². The largest absolute Gasteiger partial charge is 0.478 e. The number of aryl methyl sites for hydroxylation is 1. The second kappa shape index (κ2) is 7.38. The summed E-state index contributed by atoms with van der Waals surface area (Å²) in [6.45, 7) is 2.48. The van der Waals surface area contributed by atoms with Gasteiger partial charge in [0.2, 0.25) is 0 Å². The SMILES string of the molecule is Cc1ccc2c(c1)N(Cc1ccc(Cl)c(Cl)c1)C(=S)/C(=C/C(=O)O)S2. The first kappa shape index (κ1) is 18.3. The summed E-state index contributed by atoms with van der Waals surface area (Å²) >= 11 is 19.0. The summed E-state index contributed by atoms with van der Waals surface area (Å²) in [6.07, 6.45) is 1.15. The molecule has 1 aliphatic rings. The fourth-order valence-corrected chi connectivity index (χ4v) is 4.18. The Bertz CT molecular complexity index is 912. The zero-order valence-corrected chi connectivity index (χ0v) is 16.3. The van der Waals surface area contributed by atoms with Gasteiger partial charge in [0.1, 0.15) is 4.99 Å². The minimum atomic E-state index is -1.02. The van der Waals surface area contributed by atoms with Crippen molar-refractivity contribution in [1.82, 2.24) is 0 Å². The molecule has 0 unspecified atom stereocenters. The molecule has 0 aromatic heterocycles. The van der Waals surface area contributed by atoms with Crippen LogP contribution in [-0.4, -0.2) is 16.1 Å². The van der Waals surface area contributed by atoms with E-state index in [1.54, 1.807) is 12.1 Å². The number of carbonyl (C=O) groups is 1. The molecular weight excluding hydrogens is 397 g/mol. The number of hydrogen-bond donors (Lipinski definition) is 1. The number of aliphatic carboxylic acids is 1. The van der Waals surface area contributed by atoms with Crippen LogP contribution in [0.1, 0.15) is 11.1 Å². The molecule has 0 aliphatic carbocycles. The predicted octanol–water partition coefficient (Wildman–Crippen LogP) is 5.71. The third kappa shape index (κ3) is 4.01. The molecule has 2 aromatic rings. The van der Waals surface area contributed by atoms with Crippen molar-refractivity contribution < 1.29 is 9.90 Å². The van der Waals surface area contributed by atoms with Crippen LogP contribution in [0.15, 0.2) is 52.3 Å². The van der Waals surface area contributed by atoms with Gasteiger partial charge in [0.25, 0.3) is 0 Å². The highest BCUT2D eigenvalue weighted by Gasteiger charge is 2.27. The number of benzene rings is 2. The van der Waals surface area contributed by atoms with E-state index in [-0.39, 0.29) is 0 Å². The Morgan fingerprint density at radius 1 is 1.24 bits per heavy atom. The topological polar surface area (TPSA) is 40.5 Å². The number of fused-ring (bicyclic) bond motifs is 1. The third-order valence-corrected chi connectivity index (χ3v) is 6.07. The zero-order valence-electron chi connectivity index (χ0n) is 13.1. The minimum Gasteiger partial charge on any atom is -0.478 e.